The number of hydrogen-bond acceptors (Lipinski definition) is 26. The number of aromatic nitrogens is 12. The zero-order chi connectivity index (χ0) is 69.5. The Labute approximate surface area is 600 Å². The number of ether oxygens (including phenoxy) is 6. The summed E-state index contributed by atoms with van der Waals surface area (Å²) in [7, 11) is 2.19. The van der Waals surface area contributed by atoms with Crippen molar-refractivity contribution in [2.24, 2.45) is 0 Å². The highest BCUT2D eigenvalue weighted by molar-refractivity contribution is 5.87. The average Bonchev–Trinajstić information content (AvgIpc) is 1.30. The molecule has 3 saturated carbocycles. The van der Waals surface area contributed by atoms with E-state index in [0.717, 1.165) is 259 Å². The van der Waals surface area contributed by atoms with Crippen LogP contribution in [0.25, 0.3) is 44.6 Å². The van der Waals surface area contributed by atoms with Crippen LogP contribution in [0.1, 0.15) is 107 Å². The first kappa shape index (κ1) is 69.0. The van der Waals surface area contributed by atoms with Gasteiger partial charge in [-0.1, -0.05) is 5.16 Å². The number of anilines is 6. The minimum absolute atomic E-state index is 0.143. The number of hydrogen-bond donors (Lipinski definition) is 3. The Morgan fingerprint density at radius 3 is 1.26 bits per heavy atom. The summed E-state index contributed by atoms with van der Waals surface area (Å²) in [5, 5.41) is 14.6. The molecule has 0 radical (unpaired) electrons. The summed E-state index contributed by atoms with van der Waals surface area (Å²) in [6.07, 6.45) is 34.9. The van der Waals surface area contributed by atoms with Crippen molar-refractivity contribution in [3.8, 4) is 28.7 Å². The lowest BCUT2D eigenvalue weighted by atomic mass is 9.91. The molecule has 7 aliphatic rings. The molecule has 26 heteroatoms. The van der Waals surface area contributed by atoms with Crippen LogP contribution in [0.2, 0.25) is 0 Å². The van der Waals surface area contributed by atoms with Crippen LogP contribution in [0.3, 0.4) is 0 Å². The van der Waals surface area contributed by atoms with Gasteiger partial charge in [0.25, 0.3) is 5.89 Å². The number of pyridine rings is 2. The summed E-state index contributed by atoms with van der Waals surface area (Å²) in [4.78, 5) is 58.9. The fraction of sp³-hybridized carbons (Fsp3) is 0.481. The monoisotopic (exact) mass is 1400 g/mol. The topological polar surface area (TPSA) is 272 Å². The number of benzene rings is 3. The van der Waals surface area contributed by atoms with E-state index in [0.29, 0.717) is 35.8 Å². The van der Waals surface area contributed by atoms with Crippen molar-refractivity contribution in [3.63, 3.8) is 0 Å². The average molecular weight is 1400 g/mol. The number of piperidine rings is 1. The van der Waals surface area contributed by atoms with Gasteiger partial charge in [0.1, 0.15) is 39.6 Å². The van der Waals surface area contributed by atoms with Gasteiger partial charge in [0.2, 0.25) is 5.95 Å². The molecule has 0 spiro atoms. The molecule has 4 aliphatic heterocycles. The van der Waals surface area contributed by atoms with Gasteiger partial charge in [0.05, 0.1) is 80.1 Å². The second kappa shape index (κ2) is 33.6. The quantitative estimate of drug-likeness (QED) is 0.0764. The van der Waals surface area contributed by atoms with Crippen LogP contribution in [0.5, 0.6) is 17.2 Å². The van der Waals surface area contributed by atoms with E-state index >= 15 is 0 Å². The van der Waals surface area contributed by atoms with Crippen LogP contribution in [0, 0.1) is 6.92 Å². The van der Waals surface area contributed by atoms with Crippen molar-refractivity contribution in [1.29, 1.82) is 0 Å². The number of fused-ring (bicyclic) bond motifs is 3. The second-order valence-corrected chi connectivity index (χ2v) is 27.8. The lowest BCUT2D eigenvalue weighted by Crippen LogP contribution is -2.36. The van der Waals surface area contributed by atoms with Crippen molar-refractivity contribution in [1.82, 2.24) is 64.9 Å². The number of morpholine rings is 3. The van der Waals surface area contributed by atoms with E-state index in [1.165, 1.54) is 18.4 Å². The van der Waals surface area contributed by atoms with Crippen molar-refractivity contribution < 1.29 is 32.9 Å². The molecule has 3 N–H and O–H groups in total. The highest BCUT2D eigenvalue weighted by atomic mass is 16.5. The largest absolute Gasteiger partial charge is 0.488 e. The first-order valence-corrected chi connectivity index (χ1v) is 37.0. The van der Waals surface area contributed by atoms with E-state index in [1.807, 2.05) is 49.1 Å². The fourth-order valence-electron chi connectivity index (χ4n) is 14.9. The normalized spacial score (nSPS) is 22.1. The van der Waals surface area contributed by atoms with Gasteiger partial charge in [-0.05, 0) is 171 Å². The fourth-order valence-corrected chi connectivity index (χ4v) is 14.9. The summed E-state index contributed by atoms with van der Waals surface area (Å²) in [5.74, 6) is 5.74. The molecule has 0 unspecified atom stereocenters. The predicted molar refractivity (Wildman–Crippen MR) is 397 cm³/mol. The first-order valence-electron chi connectivity index (χ1n) is 37.0. The Morgan fingerprint density at radius 1 is 0.417 bits per heavy atom. The van der Waals surface area contributed by atoms with Crippen LogP contribution >= 0.6 is 0 Å². The van der Waals surface area contributed by atoms with Gasteiger partial charge < -0.3 is 68.5 Å². The predicted octanol–water partition coefficient (Wildman–Crippen LogP) is 11.6. The molecule has 0 atom stereocenters. The number of aryl methyl sites for hydroxylation is 1. The van der Waals surface area contributed by atoms with Crippen molar-refractivity contribution >= 4 is 67.6 Å². The van der Waals surface area contributed by atoms with Crippen molar-refractivity contribution in [2.45, 2.75) is 139 Å². The van der Waals surface area contributed by atoms with E-state index < -0.39 is 0 Å². The van der Waals surface area contributed by atoms with Crippen LogP contribution in [-0.2, 0) is 14.2 Å². The van der Waals surface area contributed by atoms with Gasteiger partial charge in [-0.3, -0.25) is 19.9 Å². The van der Waals surface area contributed by atoms with E-state index in [4.69, 9.17) is 32.9 Å². The maximum Gasteiger partial charge on any atom is 0.259 e. The zero-order valence-corrected chi connectivity index (χ0v) is 59.0. The zero-order valence-electron chi connectivity index (χ0n) is 59.0. The number of rotatable bonds is 17. The Balaban J connectivity index is 0.000000125. The molecule has 26 nitrogen and oxygen atoms in total. The molecule has 10 aromatic rings. The van der Waals surface area contributed by atoms with Crippen LogP contribution in [0.15, 0.2) is 133 Å². The summed E-state index contributed by atoms with van der Waals surface area (Å²) in [5.41, 5.74) is 11.7. The highest BCUT2D eigenvalue weighted by Crippen LogP contribution is 2.38. The Bertz CT molecular complexity index is 4320. The summed E-state index contributed by atoms with van der Waals surface area (Å²) >= 11 is 0. The number of nitrogens with zero attached hydrogens (tertiary/aromatic N) is 16. The molecule has 3 aromatic carbocycles. The number of nitrogens with one attached hydrogen (secondary N) is 3. The molecule has 538 valence electrons. The maximum absolute atomic E-state index is 6.57. The summed E-state index contributed by atoms with van der Waals surface area (Å²) < 4.78 is 41.4. The molecule has 103 heavy (non-hydrogen) atoms. The third-order valence-corrected chi connectivity index (χ3v) is 20.7. The maximum atomic E-state index is 6.57. The molecular weight excluding hydrogens is 1300 g/mol. The highest BCUT2D eigenvalue weighted by Gasteiger charge is 2.29. The van der Waals surface area contributed by atoms with Crippen molar-refractivity contribution in [3.05, 3.63) is 140 Å². The molecular formula is C77H93N19O7. The molecule has 0 amide bonds. The SMILES string of the molecule is CN1CCC(c2cnc(NC3CCC(Oc4cc(N5CCOCC5)cc5nccnc45)CC3)nc2)CC1.Cc1noc(-c2ccc(NC3CCC(Oc4cc(N5CCOCC5)cc5nccnc45)CC3)nc2)n1.c1cc(NC2CCC(Oc3cc(N4CCOCC4)cc4nccnc34)CC2)ccn1. The van der Waals surface area contributed by atoms with Crippen molar-refractivity contribution in [2.75, 3.05) is 130 Å². The molecule has 4 saturated heterocycles. The van der Waals surface area contributed by atoms with Gasteiger partial charge in [-0.15, -0.1) is 0 Å². The molecule has 0 bridgehead atoms. The molecule has 7 fully saturated rings. The minimum atomic E-state index is 0.143. The molecule has 11 heterocycles. The first-order chi connectivity index (χ1) is 50.8. The van der Waals surface area contributed by atoms with E-state index in [-0.39, 0.29) is 18.3 Å². The van der Waals surface area contributed by atoms with E-state index in [9.17, 15) is 0 Å². The third kappa shape index (κ3) is 18.0. The Hall–Kier alpha value is -9.76. The van der Waals surface area contributed by atoms with Crippen LogP contribution in [0.4, 0.5) is 34.5 Å². The van der Waals surface area contributed by atoms with E-state index in [1.54, 1.807) is 50.3 Å². The minimum Gasteiger partial charge on any atom is -0.488 e. The Morgan fingerprint density at radius 2 is 0.845 bits per heavy atom. The van der Waals surface area contributed by atoms with Crippen LogP contribution < -0.4 is 44.9 Å². The number of likely N-dealkylation sites (tertiary alicyclic amines) is 1. The second-order valence-electron chi connectivity index (χ2n) is 27.8. The molecule has 17 rings (SSSR count). The summed E-state index contributed by atoms with van der Waals surface area (Å²) in [6.45, 7) is 13.8. The van der Waals surface area contributed by atoms with Gasteiger partial charge >= 0.3 is 0 Å². The van der Waals surface area contributed by atoms with Gasteiger partial charge in [-0.2, -0.15) is 4.98 Å². The van der Waals surface area contributed by atoms with Gasteiger partial charge in [0, 0.05) is 167 Å². The summed E-state index contributed by atoms with van der Waals surface area (Å²) in [6, 6.07) is 21.8. The van der Waals surface area contributed by atoms with Gasteiger partial charge in [-0.25, -0.2) is 29.9 Å². The Kier molecular flexibility index (Phi) is 22.5. The molecule has 3 aliphatic carbocycles. The lowest BCUT2D eigenvalue weighted by molar-refractivity contribution is 0.122. The lowest BCUT2D eigenvalue weighted by Gasteiger charge is -2.31. The van der Waals surface area contributed by atoms with Gasteiger partial charge in [0.15, 0.2) is 5.82 Å². The molecule has 7 aromatic heterocycles. The van der Waals surface area contributed by atoms with Crippen LogP contribution in [-0.4, -0.2) is 200 Å². The third-order valence-electron chi connectivity index (χ3n) is 20.7. The smallest absolute Gasteiger partial charge is 0.259 e. The standard InChI is InChI=1S/C28H37N7O2.C26H29N7O3.C23H27N5O2/c1-34-10-6-20(7-11-34)21-18-31-28(32-19-21)33-22-2-4-24(5-3-22)37-26-17-23(35-12-14-36-15-13-35)16-25-27(26)30-9-8-29-25;1-17-30-26(36-32-17)18-2-7-24(29-16-18)31-19-3-5-21(6-4-19)35-23-15-20(33-10-12-34-13-11-33)14-22-25(23)28-9-8-27-22;1-3-20(4-2-17(1)27-18-5-7-24-8-6-18)30-22-16-19(28-11-13-29-14-12-28)15-21-23(22)26-10-9-25-21/h8-9,16-20,22,24H,2-7,10-15H2,1H3,(H,31,32,33);2,7-9,14-16,19,21H,3-6,10-13H2,1H3,(H,29,31);5-10,15-17,20H,1-4,11-14H2,(H,24,27). The van der Waals surface area contributed by atoms with E-state index in [2.05, 4.69) is 139 Å².